The van der Waals surface area contributed by atoms with Crippen molar-refractivity contribution in [2.24, 2.45) is 0 Å². The summed E-state index contributed by atoms with van der Waals surface area (Å²) >= 11 is 16.2. The zero-order chi connectivity index (χ0) is 28.1. The molecule has 0 bridgehead atoms. The molecule has 0 saturated carbocycles. The number of ether oxygens (including phenoxy) is 3. The van der Waals surface area contributed by atoms with Crippen LogP contribution in [0, 0.1) is 0 Å². The number of rotatable bonds is 9. The molecule has 0 unspecified atom stereocenters. The van der Waals surface area contributed by atoms with Crippen LogP contribution in [0.3, 0.4) is 0 Å². The van der Waals surface area contributed by atoms with Gasteiger partial charge in [0.2, 0.25) is 0 Å². The normalized spacial score (nSPS) is 10.7. The van der Waals surface area contributed by atoms with Gasteiger partial charge < -0.3 is 19.1 Å². The average molecular weight is 633 g/mol. The number of carbonyl (C=O) groups is 1. The number of esters is 1. The van der Waals surface area contributed by atoms with Crippen molar-refractivity contribution in [3.05, 3.63) is 109 Å². The first kappa shape index (κ1) is 28.5. The number of methoxy groups -OCH3 is 3. The van der Waals surface area contributed by atoms with Crippen LogP contribution in [0.4, 0.5) is 5.82 Å². The van der Waals surface area contributed by atoms with E-state index in [1.807, 2.05) is 53.4 Å². The number of anilines is 1. The van der Waals surface area contributed by atoms with Crippen molar-refractivity contribution < 1.29 is 19.0 Å². The van der Waals surface area contributed by atoms with Crippen LogP contribution in [0.25, 0.3) is 5.69 Å². The molecule has 11 heteroatoms. The maximum atomic E-state index is 13.8. The molecule has 0 saturated heterocycles. The van der Waals surface area contributed by atoms with Gasteiger partial charge in [-0.1, -0.05) is 63.4 Å². The Morgan fingerprint density at radius 3 is 1.82 bits per heavy atom. The van der Waals surface area contributed by atoms with Gasteiger partial charge in [-0.15, -0.1) is 0 Å². The molecule has 0 spiro atoms. The molecule has 3 aromatic carbocycles. The van der Waals surface area contributed by atoms with Gasteiger partial charge in [0.25, 0.3) is 5.56 Å². The van der Waals surface area contributed by atoms with Gasteiger partial charge in [-0.25, -0.2) is 9.78 Å². The molecule has 0 radical (unpaired) electrons. The van der Waals surface area contributed by atoms with Crippen LogP contribution < -0.4 is 19.9 Å². The average Bonchev–Trinajstić information content (AvgIpc) is 2.93. The molecule has 0 aliphatic carbocycles. The van der Waals surface area contributed by atoms with E-state index in [1.165, 1.54) is 13.4 Å². The largest absolute Gasteiger partial charge is 0.497 e. The summed E-state index contributed by atoms with van der Waals surface area (Å²) in [6, 6.07) is 18.2. The Morgan fingerprint density at radius 1 is 0.897 bits per heavy atom. The van der Waals surface area contributed by atoms with Crippen LogP contribution in [0.1, 0.15) is 21.5 Å². The molecule has 0 amide bonds. The molecule has 1 aromatic heterocycles. The quantitative estimate of drug-likeness (QED) is 0.200. The predicted molar refractivity (Wildman–Crippen MR) is 155 cm³/mol. The van der Waals surface area contributed by atoms with E-state index in [1.54, 1.807) is 26.4 Å². The van der Waals surface area contributed by atoms with Gasteiger partial charge in [0, 0.05) is 17.6 Å². The van der Waals surface area contributed by atoms with E-state index in [0.29, 0.717) is 29.1 Å². The van der Waals surface area contributed by atoms with Crippen molar-refractivity contribution in [3.8, 4) is 17.2 Å². The Hall–Kier alpha value is -3.53. The molecular formula is C28H24BrCl2N3O5. The minimum absolute atomic E-state index is 0.152. The molecule has 202 valence electrons. The Balaban J connectivity index is 1.86. The molecule has 4 aromatic rings. The zero-order valence-electron chi connectivity index (χ0n) is 21.3. The van der Waals surface area contributed by atoms with Gasteiger partial charge in [0.05, 0.1) is 37.1 Å². The van der Waals surface area contributed by atoms with Crippen LogP contribution in [0.2, 0.25) is 10.0 Å². The van der Waals surface area contributed by atoms with E-state index in [9.17, 15) is 9.59 Å². The highest BCUT2D eigenvalue weighted by Crippen LogP contribution is 2.32. The maximum absolute atomic E-state index is 13.8. The molecule has 0 N–H and O–H groups in total. The van der Waals surface area contributed by atoms with E-state index in [4.69, 9.17) is 37.4 Å². The summed E-state index contributed by atoms with van der Waals surface area (Å²) in [5.41, 5.74) is 1.09. The van der Waals surface area contributed by atoms with Crippen molar-refractivity contribution in [2.45, 2.75) is 13.1 Å². The number of carbonyl (C=O) groups excluding carboxylic acids is 1. The highest BCUT2D eigenvalue weighted by Gasteiger charge is 2.26. The molecule has 1 heterocycles. The minimum atomic E-state index is -0.837. The van der Waals surface area contributed by atoms with Gasteiger partial charge >= 0.3 is 5.97 Å². The van der Waals surface area contributed by atoms with Crippen molar-refractivity contribution in [3.63, 3.8) is 0 Å². The first-order valence-corrected chi connectivity index (χ1v) is 13.2. The van der Waals surface area contributed by atoms with Gasteiger partial charge in [0.15, 0.2) is 11.4 Å². The Bertz CT molecular complexity index is 1470. The highest BCUT2D eigenvalue weighted by molar-refractivity contribution is 9.10. The van der Waals surface area contributed by atoms with E-state index in [-0.39, 0.29) is 27.1 Å². The van der Waals surface area contributed by atoms with E-state index < -0.39 is 11.5 Å². The lowest BCUT2D eigenvalue weighted by Crippen LogP contribution is -2.33. The summed E-state index contributed by atoms with van der Waals surface area (Å²) in [5.74, 6) is 0.731. The molecule has 39 heavy (non-hydrogen) atoms. The Labute approximate surface area is 243 Å². The summed E-state index contributed by atoms with van der Waals surface area (Å²) in [5, 5.41) is 0.408. The highest BCUT2D eigenvalue weighted by atomic mass is 79.9. The van der Waals surface area contributed by atoms with Crippen molar-refractivity contribution in [1.29, 1.82) is 0 Å². The Morgan fingerprint density at radius 2 is 1.38 bits per heavy atom. The van der Waals surface area contributed by atoms with Crippen LogP contribution >= 0.6 is 39.1 Å². The predicted octanol–water partition coefficient (Wildman–Crippen LogP) is 6.31. The minimum Gasteiger partial charge on any atom is -0.497 e. The molecule has 4 rings (SSSR count). The third-order valence-corrected chi connectivity index (χ3v) is 6.96. The first-order valence-electron chi connectivity index (χ1n) is 11.6. The van der Waals surface area contributed by atoms with Gasteiger partial charge in [-0.2, -0.15) is 0 Å². The third kappa shape index (κ3) is 6.38. The summed E-state index contributed by atoms with van der Waals surface area (Å²) in [7, 11) is 4.40. The topological polar surface area (TPSA) is 82.9 Å². The Kier molecular flexibility index (Phi) is 9.16. The van der Waals surface area contributed by atoms with Gasteiger partial charge in [-0.05, 0) is 47.5 Å². The fourth-order valence-corrected chi connectivity index (χ4v) is 5.39. The third-order valence-electron chi connectivity index (χ3n) is 5.93. The summed E-state index contributed by atoms with van der Waals surface area (Å²) in [6.07, 6.45) is 1.31. The molecule has 0 atom stereocenters. The number of hydrogen-bond donors (Lipinski definition) is 0. The second-order valence-electron chi connectivity index (χ2n) is 8.38. The maximum Gasteiger partial charge on any atom is 0.347 e. The zero-order valence-corrected chi connectivity index (χ0v) is 24.4. The van der Waals surface area contributed by atoms with Crippen LogP contribution in [0.5, 0.6) is 11.5 Å². The second kappa shape index (κ2) is 12.5. The van der Waals surface area contributed by atoms with Gasteiger partial charge in [-0.3, -0.25) is 9.36 Å². The lowest BCUT2D eigenvalue weighted by molar-refractivity contribution is 0.0598. The number of benzene rings is 3. The number of aromatic nitrogens is 2. The van der Waals surface area contributed by atoms with E-state index in [2.05, 4.69) is 20.9 Å². The lowest BCUT2D eigenvalue weighted by atomic mass is 10.1. The molecule has 0 aliphatic heterocycles. The first-order chi connectivity index (χ1) is 18.7. The fourth-order valence-electron chi connectivity index (χ4n) is 4.00. The standard InChI is InChI=1S/C28H24BrCl2N3O5/c1-37-20-8-4-17(5-9-20)14-33(15-18-6-10-21(38-2)11-7-18)26-24(28(36)39-3)27(35)34(16-32-26)25-22(30)12-19(29)13-23(25)31/h4-13,16H,14-15H2,1-3H3. The summed E-state index contributed by atoms with van der Waals surface area (Å²) < 4.78 is 17.3. The van der Waals surface area contributed by atoms with Crippen LogP contribution in [-0.2, 0) is 17.8 Å². The number of nitrogens with zero attached hydrogens (tertiary/aromatic N) is 3. The lowest BCUT2D eigenvalue weighted by Gasteiger charge is -2.26. The van der Waals surface area contributed by atoms with Crippen LogP contribution in [0.15, 0.2) is 76.3 Å². The van der Waals surface area contributed by atoms with E-state index >= 15 is 0 Å². The van der Waals surface area contributed by atoms with Gasteiger partial charge in [0.1, 0.15) is 17.8 Å². The number of halogens is 3. The molecule has 0 fully saturated rings. The number of hydrogen-bond acceptors (Lipinski definition) is 7. The van der Waals surface area contributed by atoms with Crippen LogP contribution in [-0.4, -0.2) is 36.8 Å². The summed E-state index contributed by atoms with van der Waals surface area (Å²) in [4.78, 5) is 33.2. The summed E-state index contributed by atoms with van der Waals surface area (Å²) in [6.45, 7) is 0.659. The van der Waals surface area contributed by atoms with Crippen molar-refractivity contribution in [1.82, 2.24) is 9.55 Å². The molecule has 0 aliphatic rings. The smallest absolute Gasteiger partial charge is 0.347 e. The second-order valence-corrected chi connectivity index (χ2v) is 10.1. The van der Waals surface area contributed by atoms with Crippen molar-refractivity contribution >= 4 is 50.9 Å². The van der Waals surface area contributed by atoms with E-state index in [0.717, 1.165) is 15.7 Å². The molecular weight excluding hydrogens is 609 g/mol. The molecule has 8 nitrogen and oxygen atoms in total. The fraction of sp³-hybridized carbons (Fsp3) is 0.179. The van der Waals surface area contributed by atoms with Crippen molar-refractivity contribution in [2.75, 3.05) is 26.2 Å². The monoisotopic (exact) mass is 631 g/mol. The SMILES string of the molecule is COC(=O)c1c(N(Cc2ccc(OC)cc2)Cc2ccc(OC)cc2)ncn(-c2c(Cl)cc(Br)cc2Cl)c1=O.